The van der Waals surface area contributed by atoms with Gasteiger partial charge in [-0.25, -0.2) is 4.90 Å². The third-order valence-corrected chi connectivity index (χ3v) is 4.53. The van der Waals surface area contributed by atoms with E-state index in [-0.39, 0.29) is 16.9 Å². The molecular formula is C21H13N3O5. The number of imide groups is 1. The second kappa shape index (κ2) is 7.01. The van der Waals surface area contributed by atoms with Gasteiger partial charge in [0, 0.05) is 11.6 Å². The van der Waals surface area contributed by atoms with Crippen molar-refractivity contribution in [2.75, 3.05) is 10.2 Å². The summed E-state index contributed by atoms with van der Waals surface area (Å²) >= 11 is 0. The Bertz CT molecular complexity index is 1140. The highest BCUT2D eigenvalue weighted by Gasteiger charge is 2.36. The number of nitrogens with one attached hydrogen (secondary N) is 1. The van der Waals surface area contributed by atoms with Crippen molar-refractivity contribution in [3.8, 4) is 0 Å². The third kappa shape index (κ3) is 3.12. The smallest absolute Gasteiger partial charge is 0.292 e. The summed E-state index contributed by atoms with van der Waals surface area (Å²) in [5.41, 5.74) is 1.07. The van der Waals surface area contributed by atoms with Crippen LogP contribution in [0.15, 0.2) is 72.8 Å². The average Bonchev–Trinajstić information content (AvgIpc) is 2.99. The lowest BCUT2D eigenvalue weighted by atomic mass is 10.1. The summed E-state index contributed by atoms with van der Waals surface area (Å²) in [7, 11) is 0. The molecule has 0 fully saturated rings. The van der Waals surface area contributed by atoms with Crippen molar-refractivity contribution < 1.29 is 19.3 Å². The van der Waals surface area contributed by atoms with Gasteiger partial charge in [0.25, 0.3) is 23.4 Å². The van der Waals surface area contributed by atoms with Gasteiger partial charge in [0.2, 0.25) is 0 Å². The standard InChI is InChI=1S/C21H13N3O5/c25-19(22-17-7-3-4-8-18(17)24(28)29)13-9-11-14(12-10-13)23-20(26)15-5-1-2-6-16(15)21(23)27/h1-12H,(H,22,25). The molecule has 0 atom stereocenters. The molecule has 0 saturated carbocycles. The van der Waals surface area contributed by atoms with E-state index >= 15 is 0 Å². The number of hydrogen-bond acceptors (Lipinski definition) is 5. The zero-order valence-electron chi connectivity index (χ0n) is 14.9. The molecule has 142 valence electrons. The molecule has 3 amide bonds. The highest BCUT2D eigenvalue weighted by Crippen LogP contribution is 2.29. The van der Waals surface area contributed by atoms with E-state index < -0.39 is 22.6 Å². The number of carbonyl (C=O) groups is 3. The molecule has 0 bridgehead atoms. The molecule has 1 heterocycles. The first-order valence-electron chi connectivity index (χ1n) is 8.60. The fourth-order valence-corrected chi connectivity index (χ4v) is 3.12. The maximum Gasteiger partial charge on any atom is 0.292 e. The van der Waals surface area contributed by atoms with Crippen LogP contribution in [0.4, 0.5) is 17.1 Å². The van der Waals surface area contributed by atoms with Crippen molar-refractivity contribution in [2.45, 2.75) is 0 Å². The number of nitro benzene ring substituents is 1. The van der Waals surface area contributed by atoms with Gasteiger partial charge in [-0.1, -0.05) is 24.3 Å². The van der Waals surface area contributed by atoms with Crippen LogP contribution in [0.3, 0.4) is 0 Å². The molecule has 0 aromatic heterocycles. The second-order valence-corrected chi connectivity index (χ2v) is 6.27. The highest BCUT2D eigenvalue weighted by molar-refractivity contribution is 6.34. The van der Waals surface area contributed by atoms with Crippen LogP contribution in [0.1, 0.15) is 31.1 Å². The number of fused-ring (bicyclic) bond motifs is 1. The molecule has 8 nitrogen and oxygen atoms in total. The first-order chi connectivity index (χ1) is 14.0. The van der Waals surface area contributed by atoms with E-state index in [1.165, 1.54) is 42.5 Å². The van der Waals surface area contributed by atoms with Gasteiger partial charge in [0.1, 0.15) is 5.69 Å². The Hall–Kier alpha value is -4.33. The normalized spacial score (nSPS) is 12.6. The van der Waals surface area contributed by atoms with Crippen molar-refractivity contribution in [3.63, 3.8) is 0 Å². The largest absolute Gasteiger partial charge is 0.316 e. The van der Waals surface area contributed by atoms with Gasteiger partial charge in [-0.05, 0) is 42.5 Å². The number of rotatable bonds is 4. The highest BCUT2D eigenvalue weighted by atomic mass is 16.6. The van der Waals surface area contributed by atoms with E-state index in [9.17, 15) is 24.5 Å². The topological polar surface area (TPSA) is 110 Å². The van der Waals surface area contributed by atoms with Crippen molar-refractivity contribution in [2.24, 2.45) is 0 Å². The molecule has 0 aliphatic carbocycles. The number of carbonyl (C=O) groups excluding carboxylic acids is 3. The predicted molar refractivity (Wildman–Crippen MR) is 105 cm³/mol. The molecule has 1 aliphatic heterocycles. The number of nitro groups is 1. The molecule has 1 N–H and O–H groups in total. The van der Waals surface area contributed by atoms with E-state index in [2.05, 4.69) is 5.32 Å². The van der Waals surface area contributed by atoms with Crippen LogP contribution < -0.4 is 10.2 Å². The predicted octanol–water partition coefficient (Wildman–Crippen LogP) is 3.65. The van der Waals surface area contributed by atoms with Crippen LogP contribution >= 0.6 is 0 Å². The lowest BCUT2D eigenvalue weighted by Gasteiger charge is -2.14. The number of para-hydroxylation sites is 2. The summed E-state index contributed by atoms with van der Waals surface area (Å²) < 4.78 is 0. The molecule has 0 spiro atoms. The second-order valence-electron chi connectivity index (χ2n) is 6.27. The fourth-order valence-electron chi connectivity index (χ4n) is 3.12. The molecule has 0 unspecified atom stereocenters. The number of hydrogen-bond donors (Lipinski definition) is 1. The van der Waals surface area contributed by atoms with Gasteiger partial charge in [-0.15, -0.1) is 0 Å². The third-order valence-electron chi connectivity index (χ3n) is 4.53. The molecular weight excluding hydrogens is 374 g/mol. The van der Waals surface area contributed by atoms with E-state index in [0.29, 0.717) is 16.8 Å². The van der Waals surface area contributed by atoms with Crippen LogP contribution in [0, 0.1) is 10.1 Å². The Morgan fingerprint density at radius 3 is 1.97 bits per heavy atom. The summed E-state index contributed by atoms with van der Waals surface area (Å²) in [4.78, 5) is 49.0. The number of nitrogens with zero attached hydrogens (tertiary/aromatic N) is 2. The van der Waals surface area contributed by atoms with E-state index in [4.69, 9.17) is 0 Å². The summed E-state index contributed by atoms with van der Waals surface area (Å²) in [6.45, 7) is 0. The summed E-state index contributed by atoms with van der Waals surface area (Å²) in [5.74, 6) is -1.40. The Morgan fingerprint density at radius 1 is 0.828 bits per heavy atom. The van der Waals surface area contributed by atoms with E-state index in [1.54, 1.807) is 30.3 Å². The summed E-state index contributed by atoms with van der Waals surface area (Å²) in [5, 5.41) is 13.6. The maximum absolute atomic E-state index is 12.5. The zero-order valence-corrected chi connectivity index (χ0v) is 14.9. The van der Waals surface area contributed by atoms with Crippen molar-refractivity contribution >= 4 is 34.8 Å². The average molecular weight is 387 g/mol. The van der Waals surface area contributed by atoms with Crippen molar-refractivity contribution in [1.82, 2.24) is 0 Å². The molecule has 0 radical (unpaired) electrons. The minimum absolute atomic E-state index is 0.0759. The Kier molecular flexibility index (Phi) is 4.36. The fraction of sp³-hybridized carbons (Fsp3) is 0. The Labute approximate surface area is 164 Å². The Morgan fingerprint density at radius 2 is 1.38 bits per heavy atom. The van der Waals surface area contributed by atoms with Gasteiger partial charge in [0.05, 0.1) is 21.7 Å². The first-order valence-corrected chi connectivity index (χ1v) is 8.60. The zero-order chi connectivity index (χ0) is 20.5. The van der Waals surface area contributed by atoms with Crippen LogP contribution in [0.2, 0.25) is 0 Å². The SMILES string of the molecule is O=C(Nc1ccccc1[N+](=O)[O-])c1ccc(N2C(=O)c3ccccc3C2=O)cc1. The molecule has 0 saturated heterocycles. The van der Waals surface area contributed by atoms with Gasteiger partial charge < -0.3 is 5.32 Å². The van der Waals surface area contributed by atoms with Gasteiger partial charge in [-0.3, -0.25) is 24.5 Å². The van der Waals surface area contributed by atoms with Crippen molar-refractivity contribution in [3.05, 3.63) is 99.6 Å². The Balaban J connectivity index is 1.56. The minimum Gasteiger partial charge on any atom is -0.316 e. The number of amides is 3. The molecule has 4 rings (SSSR count). The maximum atomic E-state index is 12.5. The number of anilines is 2. The number of benzene rings is 3. The lowest BCUT2D eigenvalue weighted by Crippen LogP contribution is -2.29. The van der Waals surface area contributed by atoms with Gasteiger partial charge in [0.15, 0.2) is 0 Å². The van der Waals surface area contributed by atoms with Crippen LogP contribution in [0.5, 0.6) is 0 Å². The van der Waals surface area contributed by atoms with Gasteiger partial charge in [-0.2, -0.15) is 0 Å². The minimum atomic E-state index is -0.582. The van der Waals surface area contributed by atoms with E-state index in [1.807, 2.05) is 0 Å². The summed E-state index contributed by atoms with van der Waals surface area (Å²) in [6, 6.07) is 18.2. The van der Waals surface area contributed by atoms with Crippen LogP contribution in [-0.2, 0) is 0 Å². The first kappa shape index (κ1) is 18.1. The molecule has 8 heteroatoms. The quantitative estimate of drug-likeness (QED) is 0.417. The molecule has 29 heavy (non-hydrogen) atoms. The monoisotopic (exact) mass is 387 g/mol. The molecule has 3 aromatic carbocycles. The summed E-state index contributed by atoms with van der Waals surface area (Å²) in [6.07, 6.45) is 0. The molecule has 3 aromatic rings. The van der Waals surface area contributed by atoms with Crippen molar-refractivity contribution in [1.29, 1.82) is 0 Å². The lowest BCUT2D eigenvalue weighted by molar-refractivity contribution is -0.383. The van der Waals surface area contributed by atoms with Crippen LogP contribution in [-0.4, -0.2) is 22.6 Å². The van der Waals surface area contributed by atoms with Crippen LogP contribution in [0.25, 0.3) is 0 Å². The van der Waals surface area contributed by atoms with E-state index in [0.717, 1.165) is 4.90 Å². The van der Waals surface area contributed by atoms with Gasteiger partial charge >= 0.3 is 0 Å². The molecule has 1 aliphatic rings.